The van der Waals surface area contributed by atoms with Gasteiger partial charge in [-0.1, -0.05) is 6.07 Å². The van der Waals surface area contributed by atoms with Gasteiger partial charge in [0, 0.05) is 18.8 Å². The molecule has 6 heteroatoms. The summed E-state index contributed by atoms with van der Waals surface area (Å²) in [5, 5.41) is 13.3. The van der Waals surface area contributed by atoms with E-state index in [1.807, 2.05) is 18.2 Å². The van der Waals surface area contributed by atoms with Gasteiger partial charge in [0.1, 0.15) is 0 Å². The molecule has 0 saturated carbocycles. The van der Waals surface area contributed by atoms with Gasteiger partial charge in [0.15, 0.2) is 0 Å². The maximum Gasteiger partial charge on any atom is 0.308 e. The molecular formula is C14H15N3O3. The number of aromatic nitrogens is 2. The Bertz CT molecular complexity index is 679. The Kier molecular flexibility index (Phi) is 2.93. The van der Waals surface area contributed by atoms with Crippen LogP contribution in [0.4, 0.5) is 0 Å². The number of nitrogens with zero attached hydrogens (tertiary/aromatic N) is 3. The molecule has 2 aromatic rings. The smallest absolute Gasteiger partial charge is 0.308 e. The summed E-state index contributed by atoms with van der Waals surface area (Å²) in [5.41, 5.74) is 1.26. The number of carbonyl (C=O) groups excluding carboxylic acids is 1. The second kappa shape index (κ2) is 4.63. The first-order valence-electron chi connectivity index (χ1n) is 6.55. The van der Waals surface area contributed by atoms with Crippen molar-refractivity contribution in [3.05, 3.63) is 36.2 Å². The zero-order chi connectivity index (χ0) is 14.3. The molecule has 20 heavy (non-hydrogen) atoms. The van der Waals surface area contributed by atoms with Crippen LogP contribution in [0.5, 0.6) is 0 Å². The van der Waals surface area contributed by atoms with Crippen LogP contribution in [-0.4, -0.2) is 44.1 Å². The van der Waals surface area contributed by atoms with Gasteiger partial charge < -0.3 is 10.0 Å². The molecule has 1 saturated heterocycles. The number of carboxylic acids is 1. The van der Waals surface area contributed by atoms with Gasteiger partial charge in [-0.05, 0) is 25.5 Å². The van der Waals surface area contributed by atoms with Crippen LogP contribution >= 0.6 is 0 Å². The Morgan fingerprint density at radius 2 is 2.20 bits per heavy atom. The van der Waals surface area contributed by atoms with Gasteiger partial charge in [-0.3, -0.25) is 9.59 Å². The molecule has 2 unspecified atom stereocenters. The third-order valence-corrected chi connectivity index (χ3v) is 3.99. The summed E-state index contributed by atoms with van der Waals surface area (Å²) < 4.78 is 1.64. The lowest BCUT2D eigenvalue weighted by molar-refractivity contribution is -0.142. The summed E-state index contributed by atoms with van der Waals surface area (Å²) in [6.45, 7) is 2.26. The van der Waals surface area contributed by atoms with Crippen molar-refractivity contribution in [3.8, 4) is 0 Å². The van der Waals surface area contributed by atoms with Crippen molar-refractivity contribution in [2.24, 2.45) is 5.92 Å². The average molecular weight is 273 g/mol. The highest BCUT2D eigenvalue weighted by molar-refractivity contribution is 6.01. The van der Waals surface area contributed by atoms with Crippen LogP contribution in [0.2, 0.25) is 0 Å². The van der Waals surface area contributed by atoms with Gasteiger partial charge in [-0.15, -0.1) is 0 Å². The molecule has 3 rings (SSSR count). The van der Waals surface area contributed by atoms with Crippen LogP contribution in [-0.2, 0) is 4.79 Å². The highest BCUT2D eigenvalue weighted by Gasteiger charge is 2.38. The van der Waals surface area contributed by atoms with Gasteiger partial charge in [-0.25, -0.2) is 4.52 Å². The topological polar surface area (TPSA) is 74.9 Å². The monoisotopic (exact) mass is 273 g/mol. The van der Waals surface area contributed by atoms with E-state index in [1.54, 1.807) is 28.7 Å². The molecule has 0 aliphatic carbocycles. The Labute approximate surface area is 115 Å². The first-order valence-corrected chi connectivity index (χ1v) is 6.55. The number of aliphatic carboxylic acids is 1. The molecule has 1 fully saturated rings. The lowest BCUT2D eigenvalue weighted by Crippen LogP contribution is -2.37. The number of carboxylic acid groups (broad SMARTS) is 1. The third-order valence-electron chi connectivity index (χ3n) is 3.99. The molecular weight excluding hydrogens is 258 g/mol. The van der Waals surface area contributed by atoms with E-state index in [4.69, 9.17) is 5.11 Å². The van der Waals surface area contributed by atoms with Crippen LogP contribution in [0.25, 0.3) is 5.52 Å². The lowest BCUT2D eigenvalue weighted by atomic mass is 10.0. The molecule has 2 atom stereocenters. The van der Waals surface area contributed by atoms with E-state index >= 15 is 0 Å². The number of likely N-dealkylation sites (tertiary alicyclic amines) is 1. The summed E-state index contributed by atoms with van der Waals surface area (Å²) in [6.07, 6.45) is 3.82. The zero-order valence-electron chi connectivity index (χ0n) is 11.1. The predicted octanol–water partition coefficient (Wildman–Crippen LogP) is 1.27. The van der Waals surface area contributed by atoms with Crippen molar-refractivity contribution in [2.75, 3.05) is 6.54 Å². The fourth-order valence-electron chi connectivity index (χ4n) is 2.81. The van der Waals surface area contributed by atoms with Crippen molar-refractivity contribution in [3.63, 3.8) is 0 Å². The quantitative estimate of drug-likeness (QED) is 0.894. The number of pyridine rings is 1. The minimum Gasteiger partial charge on any atom is -0.481 e. The molecule has 1 amide bonds. The highest BCUT2D eigenvalue weighted by atomic mass is 16.4. The SMILES string of the molecule is CC1C(C(=O)O)CCN1C(=O)c1cnn2ccccc12. The van der Waals surface area contributed by atoms with Crippen molar-refractivity contribution >= 4 is 17.4 Å². The summed E-state index contributed by atoms with van der Waals surface area (Å²) in [7, 11) is 0. The van der Waals surface area contributed by atoms with E-state index in [1.165, 1.54) is 0 Å². The molecule has 0 aromatic carbocycles. The minimum atomic E-state index is -0.840. The van der Waals surface area contributed by atoms with Crippen LogP contribution < -0.4 is 0 Å². The first-order chi connectivity index (χ1) is 9.59. The van der Waals surface area contributed by atoms with Crippen molar-refractivity contribution in [1.82, 2.24) is 14.5 Å². The number of fused-ring (bicyclic) bond motifs is 1. The van der Waals surface area contributed by atoms with E-state index in [0.29, 0.717) is 18.5 Å². The molecule has 1 aliphatic heterocycles. The van der Waals surface area contributed by atoms with E-state index < -0.39 is 11.9 Å². The molecule has 0 bridgehead atoms. The fourth-order valence-corrected chi connectivity index (χ4v) is 2.81. The van der Waals surface area contributed by atoms with Crippen LogP contribution in [0.15, 0.2) is 30.6 Å². The Morgan fingerprint density at radius 3 is 2.90 bits per heavy atom. The predicted molar refractivity (Wildman–Crippen MR) is 71.4 cm³/mol. The number of hydrogen-bond donors (Lipinski definition) is 1. The second-order valence-electron chi connectivity index (χ2n) is 5.06. The first kappa shape index (κ1) is 12.7. The summed E-state index contributed by atoms with van der Waals surface area (Å²) >= 11 is 0. The standard InChI is InChI=1S/C14H15N3O3/c1-9-10(14(19)20)5-7-16(9)13(18)11-8-15-17-6-3-2-4-12(11)17/h2-4,6,8-10H,5,7H2,1H3,(H,19,20). The second-order valence-corrected chi connectivity index (χ2v) is 5.06. The Balaban J connectivity index is 1.92. The third kappa shape index (κ3) is 1.84. The largest absolute Gasteiger partial charge is 0.481 e. The van der Waals surface area contributed by atoms with Gasteiger partial charge in [0.2, 0.25) is 0 Å². The Morgan fingerprint density at radius 1 is 1.40 bits per heavy atom. The molecule has 104 valence electrons. The summed E-state index contributed by atoms with van der Waals surface area (Å²) in [5.74, 6) is -1.48. The van der Waals surface area contributed by atoms with E-state index in [9.17, 15) is 9.59 Å². The highest BCUT2D eigenvalue weighted by Crippen LogP contribution is 2.26. The van der Waals surface area contributed by atoms with Crippen LogP contribution in [0.1, 0.15) is 23.7 Å². The van der Waals surface area contributed by atoms with Crippen molar-refractivity contribution in [2.45, 2.75) is 19.4 Å². The lowest BCUT2D eigenvalue weighted by Gasteiger charge is -2.22. The van der Waals surface area contributed by atoms with Crippen molar-refractivity contribution in [1.29, 1.82) is 0 Å². The zero-order valence-corrected chi connectivity index (χ0v) is 11.1. The average Bonchev–Trinajstić information content (AvgIpc) is 3.01. The number of rotatable bonds is 2. The van der Waals surface area contributed by atoms with Gasteiger partial charge >= 0.3 is 5.97 Å². The molecule has 1 N–H and O–H groups in total. The maximum atomic E-state index is 12.6. The number of carbonyl (C=O) groups is 2. The van der Waals surface area contributed by atoms with Gasteiger partial charge in [0.25, 0.3) is 5.91 Å². The van der Waals surface area contributed by atoms with Crippen LogP contribution in [0, 0.1) is 5.92 Å². The molecule has 0 radical (unpaired) electrons. The van der Waals surface area contributed by atoms with E-state index in [0.717, 1.165) is 5.52 Å². The van der Waals surface area contributed by atoms with E-state index in [2.05, 4.69) is 5.10 Å². The fraction of sp³-hybridized carbons (Fsp3) is 0.357. The molecule has 6 nitrogen and oxygen atoms in total. The number of amides is 1. The molecule has 0 spiro atoms. The normalized spacial score (nSPS) is 22.4. The molecule has 2 aromatic heterocycles. The van der Waals surface area contributed by atoms with Gasteiger partial charge in [0.05, 0.1) is 23.2 Å². The summed E-state index contributed by atoms with van der Waals surface area (Å²) in [4.78, 5) is 25.3. The number of hydrogen-bond acceptors (Lipinski definition) is 3. The Hall–Kier alpha value is -2.37. The molecule has 3 heterocycles. The summed E-state index contributed by atoms with van der Waals surface area (Å²) in [6, 6.07) is 5.23. The van der Waals surface area contributed by atoms with E-state index in [-0.39, 0.29) is 11.9 Å². The van der Waals surface area contributed by atoms with Crippen molar-refractivity contribution < 1.29 is 14.7 Å². The maximum absolute atomic E-state index is 12.6. The minimum absolute atomic E-state index is 0.151. The molecule has 1 aliphatic rings. The van der Waals surface area contributed by atoms with Crippen LogP contribution in [0.3, 0.4) is 0 Å². The van der Waals surface area contributed by atoms with Gasteiger partial charge in [-0.2, -0.15) is 5.10 Å².